The fourth-order valence-electron chi connectivity index (χ4n) is 3.51. The summed E-state index contributed by atoms with van der Waals surface area (Å²) in [6.45, 7) is 3.03. The van der Waals surface area contributed by atoms with Crippen LogP contribution in [0.1, 0.15) is 48.5 Å². The molecule has 2 aromatic rings. The van der Waals surface area contributed by atoms with Gasteiger partial charge in [0.15, 0.2) is 0 Å². The van der Waals surface area contributed by atoms with Gasteiger partial charge in [-0.3, -0.25) is 4.79 Å². The average molecular weight is 417 g/mol. The summed E-state index contributed by atoms with van der Waals surface area (Å²) >= 11 is 0. The number of anilines is 1. The van der Waals surface area contributed by atoms with E-state index in [9.17, 15) is 13.2 Å². The van der Waals surface area contributed by atoms with E-state index in [1.807, 2.05) is 31.2 Å². The Morgan fingerprint density at radius 2 is 1.79 bits per heavy atom. The molecule has 0 aliphatic carbocycles. The van der Waals surface area contributed by atoms with Gasteiger partial charge >= 0.3 is 0 Å². The fourth-order valence-corrected chi connectivity index (χ4v) is 5.21. The van der Waals surface area contributed by atoms with Gasteiger partial charge in [0.25, 0.3) is 5.91 Å². The lowest BCUT2D eigenvalue weighted by molar-refractivity contribution is 0.102. The third-order valence-corrected chi connectivity index (χ3v) is 7.12. The molecule has 156 valence electrons. The minimum absolute atomic E-state index is 0.0388. The van der Waals surface area contributed by atoms with E-state index in [4.69, 9.17) is 4.74 Å². The Morgan fingerprint density at radius 1 is 1.07 bits per heavy atom. The number of rotatable bonds is 6. The van der Waals surface area contributed by atoms with Crippen molar-refractivity contribution in [3.63, 3.8) is 0 Å². The molecule has 1 heterocycles. The summed E-state index contributed by atoms with van der Waals surface area (Å²) in [4.78, 5) is 12.8. The zero-order chi connectivity index (χ0) is 20.9. The van der Waals surface area contributed by atoms with Crippen LogP contribution >= 0.6 is 0 Å². The van der Waals surface area contributed by atoms with Gasteiger partial charge in [0, 0.05) is 24.3 Å². The first kappa shape index (κ1) is 21.3. The van der Waals surface area contributed by atoms with Gasteiger partial charge in [0.1, 0.15) is 10.6 Å². The van der Waals surface area contributed by atoms with E-state index in [-0.39, 0.29) is 22.1 Å². The number of nitrogens with one attached hydrogen (secondary N) is 1. The second kappa shape index (κ2) is 9.41. The van der Waals surface area contributed by atoms with Gasteiger partial charge in [-0.15, -0.1) is 0 Å². The number of methoxy groups -OCH3 is 1. The second-order valence-corrected chi connectivity index (χ2v) is 9.10. The number of carbonyl (C=O) groups is 1. The summed E-state index contributed by atoms with van der Waals surface area (Å²) in [5.74, 6) is -0.105. The highest BCUT2D eigenvalue weighted by atomic mass is 32.2. The smallest absolute Gasteiger partial charge is 0.255 e. The van der Waals surface area contributed by atoms with Gasteiger partial charge in [-0.1, -0.05) is 31.9 Å². The molecule has 0 bridgehead atoms. The number of aryl methyl sites for hydroxylation is 1. The number of hydrogen-bond acceptors (Lipinski definition) is 4. The van der Waals surface area contributed by atoms with Crippen LogP contribution in [0.3, 0.4) is 0 Å². The first-order valence-corrected chi connectivity index (χ1v) is 11.5. The molecule has 29 heavy (non-hydrogen) atoms. The summed E-state index contributed by atoms with van der Waals surface area (Å²) in [6.07, 6.45) is 4.61. The van der Waals surface area contributed by atoms with Crippen LogP contribution in [0.2, 0.25) is 0 Å². The Kier molecular flexibility index (Phi) is 6.92. The minimum atomic E-state index is -3.74. The van der Waals surface area contributed by atoms with Crippen molar-refractivity contribution in [3.05, 3.63) is 53.6 Å². The summed E-state index contributed by atoms with van der Waals surface area (Å²) in [5.41, 5.74) is 2.07. The summed E-state index contributed by atoms with van der Waals surface area (Å²) in [6, 6.07) is 12.2. The lowest BCUT2D eigenvalue weighted by Crippen LogP contribution is -2.32. The molecule has 1 saturated heterocycles. The first-order valence-electron chi connectivity index (χ1n) is 10.0. The number of hydrogen-bond donors (Lipinski definition) is 1. The predicted molar refractivity (Wildman–Crippen MR) is 114 cm³/mol. The summed E-state index contributed by atoms with van der Waals surface area (Å²) in [7, 11) is -2.30. The highest BCUT2D eigenvalue weighted by molar-refractivity contribution is 7.89. The highest BCUT2D eigenvalue weighted by Gasteiger charge is 2.29. The molecule has 0 saturated carbocycles. The van der Waals surface area contributed by atoms with Crippen molar-refractivity contribution < 1.29 is 17.9 Å². The van der Waals surface area contributed by atoms with Crippen LogP contribution < -0.4 is 10.1 Å². The van der Waals surface area contributed by atoms with E-state index in [1.54, 1.807) is 12.1 Å². The molecule has 0 spiro atoms. The molecule has 1 amide bonds. The van der Waals surface area contributed by atoms with Crippen LogP contribution in [-0.2, 0) is 16.4 Å². The number of carbonyl (C=O) groups excluding carboxylic acids is 1. The van der Waals surface area contributed by atoms with E-state index in [2.05, 4.69) is 5.32 Å². The predicted octanol–water partition coefficient (Wildman–Crippen LogP) is 4.07. The number of nitrogens with zero attached hydrogens (tertiary/aromatic N) is 1. The quantitative estimate of drug-likeness (QED) is 0.770. The lowest BCUT2D eigenvalue weighted by atomic mass is 10.1. The fraction of sp³-hybridized carbons (Fsp3) is 0.409. The average Bonchev–Trinajstić information content (AvgIpc) is 3.03. The minimum Gasteiger partial charge on any atom is -0.495 e. The van der Waals surface area contributed by atoms with Crippen molar-refractivity contribution >= 4 is 21.6 Å². The Bertz CT molecular complexity index is 965. The SMILES string of the molecule is CCc1cccc(NC(=O)c2ccc(OC)c(S(=O)(=O)N3CCCCCC3)c2)c1. The number of amides is 1. The molecule has 2 aromatic carbocycles. The van der Waals surface area contributed by atoms with E-state index in [0.29, 0.717) is 18.8 Å². The third kappa shape index (κ3) is 4.97. The zero-order valence-electron chi connectivity index (χ0n) is 17.0. The maximum absolute atomic E-state index is 13.3. The van der Waals surface area contributed by atoms with Crippen LogP contribution in [0, 0.1) is 0 Å². The molecular formula is C22H28N2O4S. The molecule has 0 radical (unpaired) electrons. The molecule has 7 heteroatoms. The zero-order valence-corrected chi connectivity index (χ0v) is 17.8. The molecule has 0 unspecified atom stereocenters. The standard InChI is InChI=1S/C22H28N2O4S/c1-3-17-9-8-10-19(15-17)23-22(25)18-11-12-20(28-2)21(16-18)29(26,27)24-13-6-4-5-7-14-24/h8-12,15-16H,3-7,13-14H2,1-2H3,(H,23,25). The highest BCUT2D eigenvalue weighted by Crippen LogP contribution is 2.29. The molecule has 3 rings (SSSR count). The van der Waals surface area contributed by atoms with Gasteiger partial charge in [0.2, 0.25) is 10.0 Å². The molecule has 1 fully saturated rings. The van der Waals surface area contributed by atoms with Gasteiger partial charge in [-0.25, -0.2) is 8.42 Å². The van der Waals surface area contributed by atoms with Crippen molar-refractivity contribution in [2.75, 3.05) is 25.5 Å². The summed E-state index contributed by atoms with van der Waals surface area (Å²) < 4.78 is 33.3. The van der Waals surface area contributed by atoms with Crippen molar-refractivity contribution in [2.45, 2.75) is 43.9 Å². The van der Waals surface area contributed by atoms with E-state index in [1.165, 1.54) is 17.5 Å². The van der Waals surface area contributed by atoms with Crippen LogP contribution in [-0.4, -0.2) is 38.8 Å². The molecule has 1 aliphatic heterocycles. The Balaban J connectivity index is 1.90. The Labute approximate surface area is 172 Å². The van der Waals surface area contributed by atoms with E-state index < -0.39 is 10.0 Å². The third-order valence-electron chi connectivity index (χ3n) is 5.20. The number of sulfonamides is 1. The maximum Gasteiger partial charge on any atom is 0.255 e. The largest absolute Gasteiger partial charge is 0.495 e. The van der Waals surface area contributed by atoms with Crippen molar-refractivity contribution in [3.8, 4) is 5.75 Å². The topological polar surface area (TPSA) is 75.7 Å². The molecular weight excluding hydrogens is 388 g/mol. The molecule has 1 N–H and O–H groups in total. The molecule has 6 nitrogen and oxygen atoms in total. The molecule has 1 aliphatic rings. The second-order valence-electron chi connectivity index (χ2n) is 7.19. The Morgan fingerprint density at radius 3 is 2.45 bits per heavy atom. The van der Waals surface area contributed by atoms with Crippen LogP contribution in [0.4, 0.5) is 5.69 Å². The number of ether oxygens (including phenoxy) is 1. The Hall–Kier alpha value is -2.38. The van der Waals surface area contributed by atoms with Crippen molar-refractivity contribution in [1.29, 1.82) is 0 Å². The van der Waals surface area contributed by atoms with Gasteiger partial charge in [0.05, 0.1) is 7.11 Å². The first-order chi connectivity index (χ1) is 14.0. The van der Waals surface area contributed by atoms with E-state index >= 15 is 0 Å². The van der Waals surface area contributed by atoms with Crippen molar-refractivity contribution in [1.82, 2.24) is 4.31 Å². The van der Waals surface area contributed by atoms with Crippen LogP contribution in [0.25, 0.3) is 0 Å². The van der Waals surface area contributed by atoms with Gasteiger partial charge in [-0.05, 0) is 55.2 Å². The monoisotopic (exact) mass is 416 g/mol. The maximum atomic E-state index is 13.3. The van der Waals surface area contributed by atoms with Crippen molar-refractivity contribution in [2.24, 2.45) is 0 Å². The molecule has 0 atom stereocenters. The number of benzene rings is 2. The van der Waals surface area contributed by atoms with E-state index in [0.717, 1.165) is 37.7 Å². The summed E-state index contributed by atoms with van der Waals surface area (Å²) in [5, 5.41) is 2.85. The van der Waals surface area contributed by atoms with Gasteiger partial charge in [-0.2, -0.15) is 4.31 Å². The van der Waals surface area contributed by atoms with Gasteiger partial charge < -0.3 is 10.1 Å². The van der Waals surface area contributed by atoms with Crippen LogP contribution in [0.15, 0.2) is 47.4 Å². The normalized spacial score (nSPS) is 15.5. The van der Waals surface area contributed by atoms with Crippen LogP contribution in [0.5, 0.6) is 5.75 Å². The molecule has 0 aromatic heterocycles. The lowest BCUT2D eigenvalue weighted by Gasteiger charge is -2.21.